The van der Waals surface area contributed by atoms with Crippen molar-refractivity contribution in [1.29, 1.82) is 0 Å². The Morgan fingerprint density at radius 2 is 1.84 bits per heavy atom. The van der Waals surface area contributed by atoms with Crippen LogP contribution < -0.4 is 15.1 Å². The third-order valence-electron chi connectivity index (χ3n) is 6.77. The van der Waals surface area contributed by atoms with Crippen molar-refractivity contribution in [2.75, 3.05) is 41.3 Å². The molecule has 168 valence electrons. The molecule has 0 radical (unpaired) electrons. The molecule has 3 aromatic rings. The lowest BCUT2D eigenvalue weighted by Crippen LogP contribution is -2.38. The van der Waals surface area contributed by atoms with Gasteiger partial charge in [-0.25, -0.2) is 9.97 Å². The van der Waals surface area contributed by atoms with Crippen LogP contribution >= 0.6 is 22.9 Å². The lowest BCUT2D eigenvalue weighted by Gasteiger charge is -2.33. The van der Waals surface area contributed by atoms with Gasteiger partial charge in [-0.1, -0.05) is 11.6 Å². The van der Waals surface area contributed by atoms with E-state index in [1.54, 1.807) is 17.7 Å². The van der Waals surface area contributed by atoms with Gasteiger partial charge in [-0.05, 0) is 63.3 Å². The van der Waals surface area contributed by atoms with Crippen molar-refractivity contribution in [2.45, 2.75) is 39.5 Å². The fourth-order valence-corrected chi connectivity index (χ4v) is 6.00. The summed E-state index contributed by atoms with van der Waals surface area (Å²) in [6.45, 7) is 7.95. The molecule has 0 spiro atoms. The van der Waals surface area contributed by atoms with Crippen molar-refractivity contribution in [3.63, 3.8) is 0 Å². The summed E-state index contributed by atoms with van der Waals surface area (Å²) in [4.78, 5) is 29.2. The summed E-state index contributed by atoms with van der Waals surface area (Å²) < 4.78 is 0. The van der Waals surface area contributed by atoms with Crippen molar-refractivity contribution in [2.24, 2.45) is 5.92 Å². The van der Waals surface area contributed by atoms with E-state index in [0.29, 0.717) is 5.02 Å². The van der Waals surface area contributed by atoms with Crippen molar-refractivity contribution >= 4 is 56.3 Å². The normalized spacial score (nSPS) is 17.3. The first-order valence-corrected chi connectivity index (χ1v) is 12.5. The van der Waals surface area contributed by atoms with Crippen LogP contribution in [0.15, 0.2) is 24.5 Å². The predicted octanol–water partition coefficient (Wildman–Crippen LogP) is 5.42. The summed E-state index contributed by atoms with van der Waals surface area (Å²) in [5.74, 6) is 1.07. The highest BCUT2D eigenvalue weighted by molar-refractivity contribution is 7.18. The maximum absolute atomic E-state index is 13.1. The van der Waals surface area contributed by atoms with Crippen LogP contribution in [-0.4, -0.2) is 42.1 Å². The largest absolute Gasteiger partial charge is 0.370 e. The van der Waals surface area contributed by atoms with Crippen molar-refractivity contribution in [3.05, 3.63) is 40.0 Å². The molecule has 1 amide bonds. The number of thiophene rings is 1. The number of anilines is 3. The Hall–Kier alpha value is -2.38. The topological polar surface area (TPSA) is 61.4 Å². The molecular weight excluding hydrogens is 442 g/mol. The Morgan fingerprint density at radius 3 is 2.59 bits per heavy atom. The lowest BCUT2D eigenvalue weighted by molar-refractivity contribution is -0.120. The molecule has 32 heavy (non-hydrogen) atoms. The average molecular weight is 470 g/mol. The molecule has 0 atom stereocenters. The van der Waals surface area contributed by atoms with E-state index in [-0.39, 0.29) is 11.8 Å². The number of rotatable bonds is 4. The number of piperidine rings is 1. The number of hydrogen-bond donors (Lipinski definition) is 1. The molecule has 5 rings (SSSR count). The molecule has 0 bridgehead atoms. The number of aryl methyl sites for hydroxylation is 2. The zero-order valence-electron chi connectivity index (χ0n) is 18.5. The van der Waals surface area contributed by atoms with Gasteiger partial charge in [0.2, 0.25) is 5.91 Å². The van der Waals surface area contributed by atoms with Gasteiger partial charge in [0, 0.05) is 42.0 Å². The van der Waals surface area contributed by atoms with Crippen LogP contribution in [0.5, 0.6) is 0 Å². The van der Waals surface area contributed by atoms with Gasteiger partial charge in [-0.3, -0.25) is 4.79 Å². The van der Waals surface area contributed by atoms with Crippen molar-refractivity contribution < 1.29 is 4.79 Å². The Kier molecular flexibility index (Phi) is 5.95. The lowest BCUT2D eigenvalue weighted by atomic mass is 9.95. The van der Waals surface area contributed by atoms with Crippen LogP contribution in [0.3, 0.4) is 0 Å². The van der Waals surface area contributed by atoms with Crippen molar-refractivity contribution in [1.82, 2.24) is 9.97 Å². The molecule has 0 aliphatic carbocycles. The molecule has 0 saturated carbocycles. The SMILES string of the molecule is Cc1sc2ncnc(N3CCC(C(=O)Nc4cc(Cl)ccc4N4CCCC4)CC3)c2c1C. The highest BCUT2D eigenvalue weighted by Crippen LogP contribution is 2.36. The molecule has 2 saturated heterocycles. The third-order valence-corrected chi connectivity index (χ3v) is 8.12. The zero-order chi connectivity index (χ0) is 22.2. The molecule has 2 aliphatic heterocycles. The smallest absolute Gasteiger partial charge is 0.227 e. The fourth-order valence-electron chi connectivity index (χ4n) is 4.83. The Balaban J connectivity index is 1.29. The molecule has 2 aliphatic rings. The van der Waals surface area contributed by atoms with Crippen molar-refractivity contribution in [3.8, 4) is 0 Å². The molecule has 0 unspecified atom stereocenters. The number of benzene rings is 1. The number of halogens is 1. The summed E-state index contributed by atoms with van der Waals surface area (Å²) >= 11 is 7.97. The first-order valence-electron chi connectivity index (χ1n) is 11.3. The molecule has 2 fully saturated rings. The summed E-state index contributed by atoms with van der Waals surface area (Å²) in [5, 5.41) is 4.99. The second-order valence-electron chi connectivity index (χ2n) is 8.77. The van der Waals surface area contributed by atoms with E-state index in [9.17, 15) is 4.79 Å². The van der Waals surface area contributed by atoms with E-state index >= 15 is 0 Å². The van der Waals surface area contributed by atoms with Crippen LogP contribution in [0.25, 0.3) is 10.2 Å². The molecule has 2 aromatic heterocycles. The molecule has 1 aromatic carbocycles. The fraction of sp³-hybridized carbons (Fsp3) is 0.458. The van der Waals surface area contributed by atoms with Gasteiger partial charge < -0.3 is 15.1 Å². The van der Waals surface area contributed by atoms with E-state index in [2.05, 4.69) is 38.9 Å². The van der Waals surface area contributed by atoms with Gasteiger partial charge in [0.05, 0.1) is 16.8 Å². The van der Waals surface area contributed by atoms with Gasteiger partial charge in [0.1, 0.15) is 17.0 Å². The highest BCUT2D eigenvalue weighted by atomic mass is 35.5. The number of nitrogens with one attached hydrogen (secondary N) is 1. The van der Waals surface area contributed by atoms with Crippen LogP contribution in [0.1, 0.15) is 36.1 Å². The number of carbonyl (C=O) groups excluding carboxylic acids is 1. The molecule has 1 N–H and O–H groups in total. The van der Waals surface area contributed by atoms with Gasteiger partial charge >= 0.3 is 0 Å². The maximum atomic E-state index is 13.1. The Bertz CT molecular complexity index is 1150. The number of aromatic nitrogens is 2. The summed E-state index contributed by atoms with van der Waals surface area (Å²) in [7, 11) is 0. The number of fused-ring (bicyclic) bond motifs is 1. The monoisotopic (exact) mass is 469 g/mol. The molecular formula is C24H28ClN5OS. The van der Waals surface area contributed by atoms with Gasteiger partial charge in [0.25, 0.3) is 0 Å². The van der Waals surface area contributed by atoms with E-state index in [1.807, 2.05) is 18.2 Å². The highest BCUT2D eigenvalue weighted by Gasteiger charge is 2.28. The minimum absolute atomic E-state index is 0.0145. The first-order chi connectivity index (χ1) is 15.5. The average Bonchev–Trinajstić information content (AvgIpc) is 3.42. The number of carbonyl (C=O) groups is 1. The number of nitrogens with zero attached hydrogens (tertiary/aromatic N) is 4. The number of amides is 1. The molecule has 8 heteroatoms. The third kappa shape index (κ3) is 4.04. The number of hydrogen-bond acceptors (Lipinski definition) is 6. The molecule has 4 heterocycles. The van der Waals surface area contributed by atoms with E-state index in [1.165, 1.54) is 23.3 Å². The van der Waals surface area contributed by atoms with Crippen LogP contribution in [0.4, 0.5) is 17.2 Å². The standard InChI is InChI=1S/C24H28ClN5OS/c1-15-16(2)32-24-21(15)22(26-14-27-24)30-11-7-17(8-12-30)23(31)28-19-13-18(25)5-6-20(19)29-9-3-4-10-29/h5-6,13-14,17H,3-4,7-12H2,1-2H3,(H,28,31). The van der Waals surface area contributed by atoms with Gasteiger partial charge in [-0.15, -0.1) is 11.3 Å². The molecule has 6 nitrogen and oxygen atoms in total. The van der Waals surface area contributed by atoms with Gasteiger partial charge in [0.15, 0.2) is 0 Å². The van der Waals surface area contributed by atoms with E-state index in [0.717, 1.165) is 66.4 Å². The second-order valence-corrected chi connectivity index (χ2v) is 10.4. The van der Waals surface area contributed by atoms with E-state index in [4.69, 9.17) is 11.6 Å². The Morgan fingerprint density at radius 1 is 1.09 bits per heavy atom. The maximum Gasteiger partial charge on any atom is 0.227 e. The second kappa shape index (κ2) is 8.87. The summed E-state index contributed by atoms with van der Waals surface area (Å²) in [6.07, 6.45) is 5.64. The minimum Gasteiger partial charge on any atom is -0.370 e. The van der Waals surface area contributed by atoms with Crippen LogP contribution in [-0.2, 0) is 4.79 Å². The predicted molar refractivity (Wildman–Crippen MR) is 133 cm³/mol. The van der Waals surface area contributed by atoms with Gasteiger partial charge in [-0.2, -0.15) is 0 Å². The Labute approximate surface area is 197 Å². The first kappa shape index (κ1) is 21.5. The quantitative estimate of drug-likeness (QED) is 0.553. The zero-order valence-corrected chi connectivity index (χ0v) is 20.1. The van der Waals surface area contributed by atoms with E-state index < -0.39 is 0 Å². The summed E-state index contributed by atoms with van der Waals surface area (Å²) in [5.41, 5.74) is 3.16. The minimum atomic E-state index is -0.0145. The van der Waals surface area contributed by atoms with Crippen LogP contribution in [0, 0.1) is 19.8 Å². The summed E-state index contributed by atoms with van der Waals surface area (Å²) in [6, 6.07) is 5.80. The van der Waals surface area contributed by atoms with Crippen LogP contribution in [0.2, 0.25) is 5.02 Å².